The molecule has 0 heterocycles. The molecule has 0 aliphatic rings. The van der Waals surface area contributed by atoms with E-state index in [1.54, 1.807) is 0 Å². The van der Waals surface area contributed by atoms with Crippen LogP contribution < -0.4 is 0 Å². The van der Waals surface area contributed by atoms with Crippen molar-refractivity contribution < 1.29 is 9.22 Å². The highest BCUT2D eigenvalue weighted by molar-refractivity contribution is 7.74. The first-order valence-electron chi connectivity index (χ1n) is 2.05. The molecule has 0 fully saturated rings. The quantitative estimate of drug-likeness (QED) is 0.246. The molecule has 0 radical (unpaired) electrons. The number of thiol groups is 1. The summed E-state index contributed by atoms with van der Waals surface area (Å²) in [5.74, 6) is 0. The predicted octanol–water partition coefficient (Wildman–Crippen LogP) is 1.58. The molecule has 0 saturated carbocycles. The van der Waals surface area contributed by atoms with Gasteiger partial charge in [0.2, 0.25) is 0 Å². The first kappa shape index (κ1) is 7.27. The van der Waals surface area contributed by atoms with Crippen LogP contribution in [0.2, 0.25) is 0 Å². The average molecular weight is 122 g/mol. The summed E-state index contributed by atoms with van der Waals surface area (Å²) >= 11 is 3.39. The zero-order chi connectivity index (χ0) is 5.91. The lowest BCUT2D eigenvalue weighted by Gasteiger charge is -2.13. The first-order valence-corrected chi connectivity index (χ1v) is 2.42. The molecular weight excluding hydrogens is 112 g/mol. The molecule has 2 nitrogen and oxygen atoms in total. The first-order chi connectivity index (χ1) is 3.06. The van der Waals surface area contributed by atoms with Gasteiger partial charge in [-0.15, -0.1) is 0 Å². The van der Waals surface area contributed by atoms with E-state index in [4.69, 9.17) is 0 Å². The minimum Gasteiger partial charge on any atom is -0.219 e. The van der Waals surface area contributed by atoms with Crippen LogP contribution >= 0.6 is 12.9 Å². The molecular formula is C4H10O2S. The van der Waals surface area contributed by atoms with Crippen LogP contribution in [0.5, 0.6) is 0 Å². The van der Waals surface area contributed by atoms with Gasteiger partial charge in [-0.2, -0.15) is 4.33 Å². The zero-order valence-corrected chi connectivity index (χ0v) is 5.66. The summed E-state index contributed by atoms with van der Waals surface area (Å²) in [5.41, 5.74) is -0.248. The molecule has 0 bridgehead atoms. The van der Waals surface area contributed by atoms with E-state index < -0.39 is 0 Å². The molecule has 0 aromatic rings. The fourth-order valence-corrected chi connectivity index (χ4v) is 0.335. The van der Waals surface area contributed by atoms with Gasteiger partial charge < -0.3 is 0 Å². The SMILES string of the molecule is CC(C)(C)OOS. The van der Waals surface area contributed by atoms with E-state index in [0.29, 0.717) is 0 Å². The Morgan fingerprint density at radius 1 is 1.29 bits per heavy atom. The average Bonchev–Trinajstić information content (AvgIpc) is 1.30. The van der Waals surface area contributed by atoms with E-state index in [9.17, 15) is 0 Å². The summed E-state index contributed by atoms with van der Waals surface area (Å²) in [6, 6.07) is 0. The molecule has 0 rings (SSSR count). The Morgan fingerprint density at radius 3 is 1.71 bits per heavy atom. The zero-order valence-electron chi connectivity index (χ0n) is 4.76. The standard InChI is InChI=1S/C4H10O2S/c1-4(2,3)5-6-7/h7H,1-3H3. The molecule has 0 aliphatic heterocycles. The fourth-order valence-electron chi connectivity index (χ4n) is 0.112. The fraction of sp³-hybridized carbons (Fsp3) is 1.00. The summed E-state index contributed by atoms with van der Waals surface area (Å²) in [5, 5.41) is 0. The third-order valence-electron chi connectivity index (χ3n) is 0.287. The second kappa shape index (κ2) is 2.55. The van der Waals surface area contributed by atoms with Gasteiger partial charge in [0.25, 0.3) is 0 Å². The van der Waals surface area contributed by atoms with Crippen molar-refractivity contribution in [1.29, 1.82) is 0 Å². The van der Waals surface area contributed by atoms with Crippen LogP contribution in [0.3, 0.4) is 0 Å². The largest absolute Gasteiger partial charge is 0.219 e. The Morgan fingerprint density at radius 2 is 1.71 bits per heavy atom. The Balaban J connectivity index is 3.15. The van der Waals surface area contributed by atoms with Gasteiger partial charge in [0.1, 0.15) is 0 Å². The molecule has 3 heteroatoms. The molecule has 0 aromatic carbocycles. The van der Waals surface area contributed by atoms with E-state index >= 15 is 0 Å². The van der Waals surface area contributed by atoms with Gasteiger partial charge in [-0.3, -0.25) is 0 Å². The van der Waals surface area contributed by atoms with Gasteiger partial charge in [0.15, 0.2) is 0 Å². The van der Waals surface area contributed by atoms with Crippen molar-refractivity contribution in [2.24, 2.45) is 0 Å². The van der Waals surface area contributed by atoms with Gasteiger partial charge in [0.05, 0.1) is 5.60 Å². The monoisotopic (exact) mass is 122 g/mol. The van der Waals surface area contributed by atoms with Crippen LogP contribution in [0.15, 0.2) is 0 Å². The molecule has 0 atom stereocenters. The highest BCUT2D eigenvalue weighted by Crippen LogP contribution is 2.06. The van der Waals surface area contributed by atoms with Crippen LogP contribution in [0.1, 0.15) is 20.8 Å². The van der Waals surface area contributed by atoms with Crippen molar-refractivity contribution in [2.75, 3.05) is 0 Å². The van der Waals surface area contributed by atoms with Crippen LogP contribution in [-0.2, 0) is 9.22 Å². The summed E-state index contributed by atoms with van der Waals surface area (Å²) in [4.78, 5) is 4.59. The lowest BCUT2D eigenvalue weighted by atomic mass is 10.2. The third kappa shape index (κ3) is 6.27. The molecule has 7 heavy (non-hydrogen) atoms. The second-order valence-electron chi connectivity index (χ2n) is 2.27. The predicted molar refractivity (Wildman–Crippen MR) is 30.9 cm³/mol. The maximum atomic E-state index is 4.59. The minimum atomic E-state index is -0.248. The summed E-state index contributed by atoms with van der Waals surface area (Å²) < 4.78 is 4.10. The van der Waals surface area contributed by atoms with Crippen LogP contribution in [0.25, 0.3) is 0 Å². The van der Waals surface area contributed by atoms with Crippen molar-refractivity contribution in [2.45, 2.75) is 26.4 Å². The summed E-state index contributed by atoms with van der Waals surface area (Å²) in [7, 11) is 0. The van der Waals surface area contributed by atoms with Crippen molar-refractivity contribution in [3.63, 3.8) is 0 Å². The van der Waals surface area contributed by atoms with E-state index in [1.165, 1.54) is 0 Å². The molecule has 44 valence electrons. The lowest BCUT2D eigenvalue weighted by molar-refractivity contribution is -0.260. The maximum Gasteiger partial charge on any atom is 0.0964 e. The number of rotatable bonds is 1. The number of hydrogen-bond acceptors (Lipinski definition) is 3. The van der Waals surface area contributed by atoms with E-state index in [2.05, 4.69) is 22.1 Å². The van der Waals surface area contributed by atoms with Crippen molar-refractivity contribution in [3.05, 3.63) is 0 Å². The van der Waals surface area contributed by atoms with Crippen LogP contribution in [0.4, 0.5) is 0 Å². The Bertz CT molecular complexity index is 48.1. The molecule has 0 N–H and O–H groups in total. The van der Waals surface area contributed by atoms with E-state index in [0.717, 1.165) is 0 Å². The summed E-state index contributed by atoms with van der Waals surface area (Å²) in [6.07, 6.45) is 0. The van der Waals surface area contributed by atoms with Crippen molar-refractivity contribution >= 4 is 12.9 Å². The van der Waals surface area contributed by atoms with Gasteiger partial charge in [0, 0.05) is 12.9 Å². The van der Waals surface area contributed by atoms with Crippen LogP contribution in [-0.4, -0.2) is 5.60 Å². The van der Waals surface area contributed by atoms with E-state index in [-0.39, 0.29) is 5.60 Å². The smallest absolute Gasteiger partial charge is 0.0964 e. The Hall–Kier alpha value is 0.270. The third-order valence-corrected chi connectivity index (χ3v) is 0.362. The van der Waals surface area contributed by atoms with Gasteiger partial charge in [-0.25, -0.2) is 4.89 Å². The molecule has 0 saturated heterocycles. The molecule has 0 aromatic heterocycles. The highest BCUT2D eigenvalue weighted by atomic mass is 32.1. The lowest BCUT2D eigenvalue weighted by Crippen LogP contribution is -2.16. The van der Waals surface area contributed by atoms with Crippen molar-refractivity contribution in [3.8, 4) is 0 Å². The topological polar surface area (TPSA) is 18.5 Å². The number of hydrogen-bond donors (Lipinski definition) is 1. The highest BCUT2D eigenvalue weighted by Gasteiger charge is 2.09. The molecule has 0 spiro atoms. The van der Waals surface area contributed by atoms with E-state index in [1.807, 2.05) is 20.8 Å². The molecule has 0 amide bonds. The maximum absolute atomic E-state index is 4.59. The molecule has 0 unspecified atom stereocenters. The van der Waals surface area contributed by atoms with Crippen LogP contribution in [0, 0.1) is 0 Å². The Labute approximate surface area is 49.4 Å². The normalized spacial score (nSPS) is 12.0. The second-order valence-corrected chi connectivity index (χ2v) is 2.42. The van der Waals surface area contributed by atoms with Crippen molar-refractivity contribution in [1.82, 2.24) is 0 Å². The van der Waals surface area contributed by atoms with Gasteiger partial charge in [-0.05, 0) is 20.8 Å². The Kier molecular flexibility index (Phi) is 2.64. The van der Waals surface area contributed by atoms with Gasteiger partial charge >= 0.3 is 0 Å². The summed E-state index contributed by atoms with van der Waals surface area (Å²) in [6.45, 7) is 5.63. The molecule has 0 aliphatic carbocycles. The minimum absolute atomic E-state index is 0.248. The van der Waals surface area contributed by atoms with Gasteiger partial charge in [-0.1, -0.05) is 0 Å².